The predicted octanol–water partition coefficient (Wildman–Crippen LogP) is 3.31. The summed E-state index contributed by atoms with van der Waals surface area (Å²) in [6, 6.07) is 7.64. The summed E-state index contributed by atoms with van der Waals surface area (Å²) in [7, 11) is 0. The molecule has 0 atom stereocenters. The van der Waals surface area contributed by atoms with E-state index in [0.29, 0.717) is 17.7 Å². The van der Waals surface area contributed by atoms with Crippen LogP contribution in [-0.4, -0.2) is 18.1 Å². The lowest BCUT2D eigenvalue weighted by Gasteiger charge is -2.07. The van der Waals surface area contributed by atoms with Crippen molar-refractivity contribution in [1.29, 1.82) is 0 Å². The van der Waals surface area contributed by atoms with Crippen LogP contribution in [0, 0.1) is 6.92 Å². The Bertz CT molecular complexity index is 563. The number of aryl methyl sites for hydroxylation is 1. The SMILES string of the molecule is Cc1ncc(-c2ccc(OC/C(=C\F)CN)cc2)s1. The van der Waals surface area contributed by atoms with E-state index < -0.39 is 0 Å². The zero-order valence-corrected chi connectivity index (χ0v) is 11.4. The first kappa shape index (κ1) is 13.7. The smallest absolute Gasteiger partial charge is 0.119 e. The van der Waals surface area contributed by atoms with Crippen LogP contribution >= 0.6 is 11.3 Å². The monoisotopic (exact) mass is 278 g/mol. The van der Waals surface area contributed by atoms with Gasteiger partial charge in [0.25, 0.3) is 0 Å². The largest absolute Gasteiger partial charge is 0.489 e. The molecule has 2 aromatic rings. The molecule has 3 nitrogen and oxygen atoms in total. The van der Waals surface area contributed by atoms with E-state index in [2.05, 4.69) is 4.98 Å². The van der Waals surface area contributed by atoms with E-state index in [4.69, 9.17) is 10.5 Å². The van der Waals surface area contributed by atoms with Crippen molar-refractivity contribution in [2.75, 3.05) is 13.2 Å². The van der Waals surface area contributed by atoms with E-state index in [1.165, 1.54) is 0 Å². The summed E-state index contributed by atoms with van der Waals surface area (Å²) in [5.74, 6) is 0.692. The molecule has 0 aliphatic heterocycles. The highest BCUT2D eigenvalue weighted by atomic mass is 32.1. The van der Waals surface area contributed by atoms with Crippen molar-refractivity contribution in [3.8, 4) is 16.2 Å². The van der Waals surface area contributed by atoms with Crippen LogP contribution in [0.1, 0.15) is 5.01 Å². The number of ether oxygens (including phenoxy) is 1. The van der Waals surface area contributed by atoms with Crippen molar-refractivity contribution in [1.82, 2.24) is 4.98 Å². The van der Waals surface area contributed by atoms with E-state index in [0.717, 1.165) is 15.4 Å². The van der Waals surface area contributed by atoms with Gasteiger partial charge in [-0.1, -0.05) is 0 Å². The Morgan fingerprint density at radius 3 is 2.68 bits per heavy atom. The van der Waals surface area contributed by atoms with Gasteiger partial charge in [0.05, 0.1) is 16.2 Å². The van der Waals surface area contributed by atoms with Crippen molar-refractivity contribution in [2.45, 2.75) is 6.92 Å². The molecule has 0 saturated carbocycles. The zero-order valence-electron chi connectivity index (χ0n) is 10.6. The molecular weight excluding hydrogens is 263 g/mol. The Morgan fingerprint density at radius 2 is 2.16 bits per heavy atom. The average molecular weight is 278 g/mol. The summed E-state index contributed by atoms with van der Waals surface area (Å²) in [5, 5.41) is 1.04. The lowest BCUT2D eigenvalue weighted by atomic mass is 10.2. The van der Waals surface area contributed by atoms with Gasteiger partial charge in [-0.2, -0.15) is 0 Å². The number of nitrogens with zero attached hydrogens (tertiary/aromatic N) is 1. The molecule has 0 bridgehead atoms. The van der Waals surface area contributed by atoms with Crippen LogP contribution in [0.15, 0.2) is 42.4 Å². The van der Waals surface area contributed by atoms with E-state index in [-0.39, 0.29) is 13.2 Å². The van der Waals surface area contributed by atoms with Gasteiger partial charge in [-0.3, -0.25) is 0 Å². The van der Waals surface area contributed by atoms with E-state index in [1.807, 2.05) is 37.4 Å². The first-order valence-electron chi connectivity index (χ1n) is 5.87. The molecule has 1 heterocycles. The van der Waals surface area contributed by atoms with Gasteiger partial charge < -0.3 is 10.5 Å². The molecule has 0 aliphatic rings. The minimum absolute atomic E-state index is 0.161. The molecule has 2 rings (SSSR count). The normalized spacial score (nSPS) is 11.6. The Morgan fingerprint density at radius 1 is 1.42 bits per heavy atom. The summed E-state index contributed by atoms with van der Waals surface area (Å²) >= 11 is 1.65. The number of nitrogens with two attached hydrogens (primary N) is 1. The molecule has 0 fully saturated rings. The van der Waals surface area contributed by atoms with Gasteiger partial charge in [0.15, 0.2) is 0 Å². The number of rotatable bonds is 5. The molecule has 19 heavy (non-hydrogen) atoms. The zero-order chi connectivity index (χ0) is 13.7. The fourth-order valence-electron chi connectivity index (χ4n) is 1.52. The van der Waals surface area contributed by atoms with Crippen molar-refractivity contribution >= 4 is 11.3 Å². The topological polar surface area (TPSA) is 48.1 Å². The number of hydrogen-bond acceptors (Lipinski definition) is 4. The average Bonchev–Trinajstić information content (AvgIpc) is 2.87. The standard InChI is InChI=1S/C14H15FN2OS/c1-10-17-8-14(19-10)12-2-4-13(5-3-12)18-9-11(6-15)7-16/h2-6,8H,7,9,16H2,1H3/b11-6-. The Kier molecular flexibility index (Phi) is 4.65. The van der Waals surface area contributed by atoms with Gasteiger partial charge in [0.1, 0.15) is 12.4 Å². The molecule has 100 valence electrons. The van der Waals surface area contributed by atoms with Crippen molar-refractivity contribution < 1.29 is 9.13 Å². The van der Waals surface area contributed by atoms with E-state index in [9.17, 15) is 4.39 Å². The fraction of sp³-hybridized carbons (Fsp3) is 0.214. The third kappa shape index (κ3) is 3.62. The highest BCUT2D eigenvalue weighted by molar-refractivity contribution is 7.15. The number of halogens is 1. The minimum atomic E-state index is 0.161. The number of benzene rings is 1. The van der Waals surface area contributed by atoms with Crippen LogP contribution in [0.3, 0.4) is 0 Å². The highest BCUT2D eigenvalue weighted by Crippen LogP contribution is 2.27. The number of hydrogen-bond donors (Lipinski definition) is 1. The maximum Gasteiger partial charge on any atom is 0.119 e. The van der Waals surface area contributed by atoms with Gasteiger partial charge in [-0.05, 0) is 36.8 Å². The summed E-state index contributed by atoms with van der Waals surface area (Å²) in [6.07, 6.45) is 2.35. The second kappa shape index (κ2) is 6.45. The first-order valence-corrected chi connectivity index (χ1v) is 6.68. The second-order valence-electron chi connectivity index (χ2n) is 4.03. The van der Waals surface area contributed by atoms with E-state index in [1.54, 1.807) is 11.3 Å². The lowest BCUT2D eigenvalue weighted by Crippen LogP contribution is -2.10. The molecule has 0 unspecified atom stereocenters. The lowest BCUT2D eigenvalue weighted by molar-refractivity contribution is 0.347. The summed E-state index contributed by atoms with van der Waals surface area (Å²) in [5.41, 5.74) is 6.88. The second-order valence-corrected chi connectivity index (χ2v) is 5.26. The van der Waals surface area contributed by atoms with Crippen LogP contribution in [0.4, 0.5) is 4.39 Å². The Labute approximate surface area is 115 Å². The molecule has 1 aromatic carbocycles. The summed E-state index contributed by atoms with van der Waals surface area (Å²) < 4.78 is 17.8. The van der Waals surface area contributed by atoms with Gasteiger partial charge >= 0.3 is 0 Å². The maximum atomic E-state index is 12.3. The highest BCUT2D eigenvalue weighted by Gasteiger charge is 2.03. The van der Waals surface area contributed by atoms with Gasteiger partial charge in [-0.25, -0.2) is 9.37 Å². The van der Waals surface area contributed by atoms with Gasteiger partial charge in [0, 0.05) is 18.3 Å². The predicted molar refractivity (Wildman–Crippen MR) is 76.0 cm³/mol. The van der Waals surface area contributed by atoms with Gasteiger partial charge in [0.2, 0.25) is 0 Å². The minimum Gasteiger partial charge on any atom is -0.489 e. The molecule has 0 amide bonds. The third-order valence-electron chi connectivity index (χ3n) is 2.60. The molecular formula is C14H15FN2OS. The van der Waals surface area contributed by atoms with E-state index >= 15 is 0 Å². The van der Waals surface area contributed by atoms with Crippen LogP contribution < -0.4 is 10.5 Å². The molecule has 2 N–H and O–H groups in total. The molecule has 0 radical (unpaired) electrons. The van der Waals surface area contributed by atoms with Crippen molar-refractivity contribution in [3.05, 3.63) is 47.4 Å². The van der Waals surface area contributed by atoms with Crippen molar-refractivity contribution in [3.63, 3.8) is 0 Å². The number of thiazole rings is 1. The van der Waals surface area contributed by atoms with Crippen LogP contribution in [0.25, 0.3) is 10.4 Å². The third-order valence-corrected chi connectivity index (χ3v) is 3.56. The fourth-order valence-corrected chi connectivity index (χ4v) is 2.30. The molecule has 0 spiro atoms. The molecule has 1 aromatic heterocycles. The molecule has 0 saturated heterocycles. The van der Waals surface area contributed by atoms with Crippen LogP contribution in [0.2, 0.25) is 0 Å². The van der Waals surface area contributed by atoms with Crippen LogP contribution in [-0.2, 0) is 0 Å². The summed E-state index contributed by atoms with van der Waals surface area (Å²) in [6.45, 7) is 2.31. The maximum absolute atomic E-state index is 12.3. The molecule has 5 heteroatoms. The van der Waals surface area contributed by atoms with Crippen molar-refractivity contribution in [2.24, 2.45) is 5.73 Å². The van der Waals surface area contributed by atoms with Gasteiger partial charge in [-0.15, -0.1) is 11.3 Å². The first-order chi connectivity index (χ1) is 9.22. The quantitative estimate of drug-likeness (QED) is 0.912. The number of aromatic nitrogens is 1. The molecule has 0 aliphatic carbocycles. The Hall–Kier alpha value is -1.72. The summed E-state index contributed by atoms with van der Waals surface area (Å²) in [4.78, 5) is 5.34. The van der Waals surface area contributed by atoms with Crippen LogP contribution in [0.5, 0.6) is 5.75 Å². The Balaban J connectivity index is 2.02.